The van der Waals surface area contributed by atoms with E-state index >= 15 is 0 Å². The number of benzene rings is 1. The summed E-state index contributed by atoms with van der Waals surface area (Å²) in [5.41, 5.74) is 0.506. The number of carbonyl (C=O) groups is 1. The Balaban J connectivity index is 1.93. The highest BCUT2D eigenvalue weighted by Crippen LogP contribution is 2.23. The lowest BCUT2D eigenvalue weighted by atomic mass is 10.1. The molecule has 5 nitrogen and oxygen atoms in total. The summed E-state index contributed by atoms with van der Waals surface area (Å²) in [5.74, 6) is 1.08. The van der Waals surface area contributed by atoms with Crippen molar-refractivity contribution in [3.8, 4) is 11.5 Å². The minimum absolute atomic E-state index is 0.126. The number of nitrogens with one attached hydrogen (secondary N) is 2. The van der Waals surface area contributed by atoms with Crippen molar-refractivity contribution < 1.29 is 14.3 Å². The molecular formula is C15H22N2O3. The van der Waals surface area contributed by atoms with Crippen LogP contribution in [0.15, 0.2) is 18.2 Å². The van der Waals surface area contributed by atoms with Crippen molar-refractivity contribution >= 4 is 5.91 Å². The molecule has 0 bridgehead atoms. The van der Waals surface area contributed by atoms with Gasteiger partial charge in [-0.05, 0) is 44.0 Å². The van der Waals surface area contributed by atoms with E-state index in [0.29, 0.717) is 29.6 Å². The van der Waals surface area contributed by atoms with Gasteiger partial charge in [0.15, 0.2) is 0 Å². The van der Waals surface area contributed by atoms with Gasteiger partial charge in [-0.15, -0.1) is 0 Å². The molecule has 20 heavy (non-hydrogen) atoms. The van der Waals surface area contributed by atoms with Gasteiger partial charge in [-0.1, -0.05) is 0 Å². The smallest absolute Gasteiger partial charge is 0.255 e. The standard InChI is InChI=1S/C15H22N2O3/c1-19-12-5-6-14(20-2)13(10-12)15(18)17-9-7-11-4-3-8-16-11/h5-6,10-11,16H,3-4,7-9H2,1-2H3,(H,17,18). The van der Waals surface area contributed by atoms with Gasteiger partial charge in [0.05, 0.1) is 19.8 Å². The van der Waals surface area contributed by atoms with Crippen LogP contribution in [0.3, 0.4) is 0 Å². The van der Waals surface area contributed by atoms with Gasteiger partial charge in [0.25, 0.3) is 5.91 Å². The number of carbonyl (C=O) groups excluding carboxylic acids is 1. The van der Waals surface area contributed by atoms with Gasteiger partial charge in [-0.2, -0.15) is 0 Å². The second-order valence-electron chi connectivity index (χ2n) is 4.90. The van der Waals surface area contributed by atoms with Crippen LogP contribution in [-0.4, -0.2) is 39.3 Å². The highest BCUT2D eigenvalue weighted by Gasteiger charge is 2.16. The van der Waals surface area contributed by atoms with E-state index in [1.165, 1.54) is 12.8 Å². The van der Waals surface area contributed by atoms with E-state index in [4.69, 9.17) is 9.47 Å². The molecule has 0 spiro atoms. The molecule has 1 unspecified atom stereocenters. The fraction of sp³-hybridized carbons (Fsp3) is 0.533. The molecule has 1 aliphatic heterocycles. The predicted molar refractivity (Wildman–Crippen MR) is 77.5 cm³/mol. The number of methoxy groups -OCH3 is 2. The summed E-state index contributed by atoms with van der Waals surface area (Å²) in [6, 6.07) is 5.74. The fourth-order valence-electron chi connectivity index (χ4n) is 2.45. The molecule has 110 valence electrons. The molecule has 0 aromatic heterocycles. The average Bonchev–Trinajstić information content (AvgIpc) is 2.99. The Kier molecular flexibility index (Phi) is 5.24. The summed E-state index contributed by atoms with van der Waals surface area (Å²) in [6.45, 7) is 1.75. The van der Waals surface area contributed by atoms with Gasteiger partial charge in [0, 0.05) is 12.6 Å². The first-order chi connectivity index (χ1) is 9.74. The van der Waals surface area contributed by atoms with E-state index in [0.717, 1.165) is 13.0 Å². The maximum Gasteiger partial charge on any atom is 0.255 e. The Morgan fingerprint density at radius 2 is 2.25 bits per heavy atom. The lowest BCUT2D eigenvalue weighted by Crippen LogP contribution is -2.30. The lowest BCUT2D eigenvalue weighted by molar-refractivity contribution is 0.0949. The zero-order valence-corrected chi connectivity index (χ0v) is 12.1. The number of rotatable bonds is 6. The number of amides is 1. The number of hydrogen-bond donors (Lipinski definition) is 2. The molecule has 5 heteroatoms. The van der Waals surface area contributed by atoms with Gasteiger partial charge in [-0.25, -0.2) is 0 Å². The van der Waals surface area contributed by atoms with Crippen molar-refractivity contribution in [3.63, 3.8) is 0 Å². The van der Waals surface area contributed by atoms with Gasteiger partial charge in [-0.3, -0.25) is 4.79 Å². The first kappa shape index (κ1) is 14.7. The van der Waals surface area contributed by atoms with E-state index in [-0.39, 0.29) is 5.91 Å². The lowest BCUT2D eigenvalue weighted by Gasteiger charge is -2.13. The van der Waals surface area contributed by atoms with Gasteiger partial charge >= 0.3 is 0 Å². The van der Waals surface area contributed by atoms with Crippen LogP contribution in [-0.2, 0) is 0 Å². The summed E-state index contributed by atoms with van der Waals surface area (Å²) in [7, 11) is 3.14. The Labute approximate surface area is 119 Å². The molecule has 1 aliphatic rings. The van der Waals surface area contributed by atoms with Crippen LogP contribution < -0.4 is 20.1 Å². The van der Waals surface area contributed by atoms with Crippen LogP contribution in [0.1, 0.15) is 29.6 Å². The first-order valence-electron chi connectivity index (χ1n) is 6.98. The van der Waals surface area contributed by atoms with Crippen molar-refractivity contribution in [1.29, 1.82) is 0 Å². The topological polar surface area (TPSA) is 59.6 Å². The Morgan fingerprint density at radius 1 is 1.40 bits per heavy atom. The summed E-state index contributed by atoms with van der Waals surface area (Å²) in [6.07, 6.45) is 3.37. The maximum absolute atomic E-state index is 12.2. The third-order valence-corrected chi connectivity index (χ3v) is 3.59. The number of hydrogen-bond acceptors (Lipinski definition) is 4. The van der Waals surface area contributed by atoms with Crippen LogP contribution >= 0.6 is 0 Å². The molecule has 1 amide bonds. The molecule has 2 N–H and O–H groups in total. The number of ether oxygens (including phenoxy) is 2. The summed E-state index contributed by atoms with van der Waals surface area (Å²) < 4.78 is 10.4. The zero-order chi connectivity index (χ0) is 14.4. The molecule has 1 fully saturated rings. The molecule has 0 saturated carbocycles. The normalized spacial score (nSPS) is 17.8. The zero-order valence-electron chi connectivity index (χ0n) is 12.1. The monoisotopic (exact) mass is 278 g/mol. The van der Waals surface area contributed by atoms with Gasteiger partial charge < -0.3 is 20.1 Å². The van der Waals surface area contributed by atoms with Crippen molar-refractivity contribution in [2.24, 2.45) is 0 Å². The molecule has 1 atom stereocenters. The van der Waals surface area contributed by atoms with E-state index < -0.39 is 0 Å². The third-order valence-electron chi connectivity index (χ3n) is 3.59. The molecule has 1 heterocycles. The minimum atomic E-state index is -0.126. The Bertz CT molecular complexity index is 456. The highest BCUT2D eigenvalue weighted by atomic mass is 16.5. The molecule has 1 aromatic carbocycles. The molecule has 2 rings (SSSR count). The van der Waals surface area contributed by atoms with Crippen LogP contribution in [0.2, 0.25) is 0 Å². The van der Waals surface area contributed by atoms with E-state index in [1.807, 2.05) is 0 Å². The molecule has 0 radical (unpaired) electrons. The average molecular weight is 278 g/mol. The minimum Gasteiger partial charge on any atom is -0.497 e. The molecular weight excluding hydrogens is 256 g/mol. The van der Waals surface area contributed by atoms with Crippen molar-refractivity contribution in [1.82, 2.24) is 10.6 Å². The second kappa shape index (κ2) is 7.14. The van der Waals surface area contributed by atoms with Crippen molar-refractivity contribution in [2.75, 3.05) is 27.3 Å². The van der Waals surface area contributed by atoms with Crippen LogP contribution in [0, 0.1) is 0 Å². The van der Waals surface area contributed by atoms with E-state index in [1.54, 1.807) is 32.4 Å². The Morgan fingerprint density at radius 3 is 2.90 bits per heavy atom. The van der Waals surface area contributed by atoms with Crippen LogP contribution in [0.25, 0.3) is 0 Å². The summed E-state index contributed by atoms with van der Waals surface area (Å²) >= 11 is 0. The Hall–Kier alpha value is -1.75. The third kappa shape index (κ3) is 3.63. The quantitative estimate of drug-likeness (QED) is 0.829. The fourth-order valence-corrected chi connectivity index (χ4v) is 2.45. The van der Waals surface area contributed by atoms with Gasteiger partial charge in [0.1, 0.15) is 11.5 Å². The van der Waals surface area contributed by atoms with E-state index in [2.05, 4.69) is 10.6 Å². The van der Waals surface area contributed by atoms with Crippen LogP contribution in [0.5, 0.6) is 11.5 Å². The van der Waals surface area contributed by atoms with Crippen LogP contribution in [0.4, 0.5) is 0 Å². The second-order valence-corrected chi connectivity index (χ2v) is 4.90. The predicted octanol–water partition coefficient (Wildman–Crippen LogP) is 1.58. The van der Waals surface area contributed by atoms with Crippen molar-refractivity contribution in [2.45, 2.75) is 25.3 Å². The van der Waals surface area contributed by atoms with Crippen molar-refractivity contribution in [3.05, 3.63) is 23.8 Å². The highest BCUT2D eigenvalue weighted by molar-refractivity contribution is 5.97. The molecule has 1 saturated heterocycles. The summed E-state index contributed by atoms with van der Waals surface area (Å²) in [4.78, 5) is 12.2. The summed E-state index contributed by atoms with van der Waals surface area (Å²) in [5, 5.41) is 6.35. The molecule has 0 aliphatic carbocycles. The SMILES string of the molecule is COc1ccc(OC)c(C(=O)NCCC2CCCN2)c1. The molecule has 1 aromatic rings. The first-order valence-corrected chi connectivity index (χ1v) is 6.98. The van der Waals surface area contributed by atoms with Gasteiger partial charge in [0.2, 0.25) is 0 Å². The maximum atomic E-state index is 12.2. The largest absolute Gasteiger partial charge is 0.497 e. The van der Waals surface area contributed by atoms with E-state index in [9.17, 15) is 4.79 Å².